The Morgan fingerprint density at radius 1 is 1.07 bits per heavy atom. The second-order valence-electron chi connectivity index (χ2n) is 7.24. The number of ether oxygens (including phenoxy) is 2. The highest BCUT2D eigenvalue weighted by Gasteiger charge is 2.18. The number of nitrogens with one attached hydrogen (secondary N) is 1. The molecule has 1 unspecified atom stereocenters. The van der Waals surface area contributed by atoms with Gasteiger partial charge in [0.2, 0.25) is 0 Å². The zero-order valence-corrected chi connectivity index (χ0v) is 17.9. The van der Waals surface area contributed by atoms with Crippen LogP contribution < -0.4 is 10.1 Å². The second-order valence-corrected chi connectivity index (χ2v) is 7.24. The molecule has 30 heavy (non-hydrogen) atoms. The number of esters is 1. The molecule has 0 bridgehead atoms. The van der Waals surface area contributed by atoms with Crippen LogP contribution >= 0.6 is 0 Å². The predicted molar refractivity (Wildman–Crippen MR) is 115 cm³/mol. The molecule has 0 aliphatic carbocycles. The molecule has 1 N–H and O–H groups in total. The van der Waals surface area contributed by atoms with E-state index >= 15 is 0 Å². The normalized spacial score (nSPS) is 11.6. The first-order valence-corrected chi connectivity index (χ1v) is 10.4. The van der Waals surface area contributed by atoms with E-state index in [2.05, 4.69) is 12.2 Å². The van der Waals surface area contributed by atoms with Crippen molar-refractivity contribution in [3.8, 4) is 16.9 Å². The van der Waals surface area contributed by atoms with Crippen molar-refractivity contribution in [2.45, 2.75) is 51.9 Å². The summed E-state index contributed by atoms with van der Waals surface area (Å²) in [5.41, 5.74) is 1.47. The lowest BCUT2D eigenvalue weighted by Crippen LogP contribution is -2.27. The lowest BCUT2D eigenvalue weighted by molar-refractivity contribution is -0.141. The van der Waals surface area contributed by atoms with Gasteiger partial charge < -0.3 is 14.8 Å². The number of methoxy groups -OCH3 is 1. The molecule has 2 rings (SSSR count). The molecule has 0 saturated heterocycles. The first kappa shape index (κ1) is 23.4. The van der Waals surface area contributed by atoms with Gasteiger partial charge in [0.15, 0.2) is 0 Å². The van der Waals surface area contributed by atoms with Crippen molar-refractivity contribution in [1.29, 1.82) is 0 Å². The summed E-state index contributed by atoms with van der Waals surface area (Å²) in [6.07, 6.45) is 5.02. The molecule has 0 aliphatic rings. The van der Waals surface area contributed by atoms with E-state index in [0.717, 1.165) is 19.3 Å². The van der Waals surface area contributed by atoms with Gasteiger partial charge in [-0.15, -0.1) is 0 Å². The van der Waals surface area contributed by atoms with E-state index in [4.69, 9.17) is 9.47 Å². The molecule has 0 heterocycles. The van der Waals surface area contributed by atoms with Crippen LogP contribution in [-0.4, -0.2) is 25.7 Å². The van der Waals surface area contributed by atoms with E-state index in [1.54, 1.807) is 43.3 Å². The van der Waals surface area contributed by atoms with Crippen LogP contribution in [0.25, 0.3) is 11.1 Å². The minimum Gasteiger partial charge on any atom is -0.469 e. The summed E-state index contributed by atoms with van der Waals surface area (Å²) in [5.74, 6) is -1.10. The fourth-order valence-electron chi connectivity index (χ4n) is 3.14. The summed E-state index contributed by atoms with van der Waals surface area (Å²) in [6, 6.07) is 11.3. The lowest BCUT2D eigenvalue weighted by atomic mass is 9.97. The first-order chi connectivity index (χ1) is 14.5. The average molecular weight is 416 g/mol. The van der Waals surface area contributed by atoms with Crippen LogP contribution in [-0.2, 0) is 9.53 Å². The Hall–Kier alpha value is -2.89. The van der Waals surface area contributed by atoms with Gasteiger partial charge in [-0.3, -0.25) is 4.79 Å². The zero-order valence-electron chi connectivity index (χ0n) is 17.9. The highest BCUT2D eigenvalue weighted by molar-refractivity contribution is 5.78. The second kappa shape index (κ2) is 12.0. The van der Waals surface area contributed by atoms with Gasteiger partial charge >= 0.3 is 12.1 Å². The summed E-state index contributed by atoms with van der Waals surface area (Å²) in [6.45, 7) is 4.39. The zero-order chi connectivity index (χ0) is 21.9. The number of amides is 1. The number of halogens is 1. The van der Waals surface area contributed by atoms with Gasteiger partial charge in [-0.05, 0) is 42.7 Å². The number of benzene rings is 2. The summed E-state index contributed by atoms with van der Waals surface area (Å²) in [5, 5.41) is 2.74. The maximum Gasteiger partial charge on any atom is 0.412 e. The third-order valence-electron chi connectivity index (χ3n) is 4.95. The Bertz CT molecular complexity index is 853. The number of carbonyl (C=O) groups is 2. The summed E-state index contributed by atoms with van der Waals surface area (Å²) in [4.78, 5) is 23.6. The van der Waals surface area contributed by atoms with Crippen molar-refractivity contribution in [2.24, 2.45) is 0 Å². The van der Waals surface area contributed by atoms with E-state index in [0.29, 0.717) is 29.0 Å². The third kappa shape index (κ3) is 6.87. The molecule has 0 spiro atoms. The molecule has 6 heteroatoms. The summed E-state index contributed by atoms with van der Waals surface area (Å²) in [7, 11) is 1.30. The largest absolute Gasteiger partial charge is 0.469 e. The van der Waals surface area contributed by atoms with E-state index < -0.39 is 23.8 Å². The van der Waals surface area contributed by atoms with Gasteiger partial charge in [0.1, 0.15) is 11.6 Å². The molecule has 1 amide bonds. The van der Waals surface area contributed by atoms with Crippen molar-refractivity contribution < 1.29 is 23.5 Å². The number of hydrogen-bond acceptors (Lipinski definition) is 4. The standard InChI is InChI=1S/C24H30FNO4/c1-4-5-6-7-8-14-26-24(28)30-20-11-9-10-19(15-20)21-13-12-18(16-22(21)25)17(2)23(27)29-3/h9-13,15-17H,4-8,14H2,1-3H3,(H,26,28). The van der Waals surface area contributed by atoms with Crippen LogP contribution in [0.15, 0.2) is 42.5 Å². The monoisotopic (exact) mass is 415 g/mol. The third-order valence-corrected chi connectivity index (χ3v) is 4.95. The van der Waals surface area contributed by atoms with Crippen molar-refractivity contribution in [2.75, 3.05) is 13.7 Å². The Labute approximate surface area is 177 Å². The SMILES string of the molecule is CCCCCCCNC(=O)Oc1cccc(-c2ccc(C(C)C(=O)OC)cc2F)c1. The highest BCUT2D eigenvalue weighted by Crippen LogP contribution is 2.29. The van der Waals surface area contributed by atoms with Crippen molar-refractivity contribution in [1.82, 2.24) is 5.32 Å². The number of rotatable bonds is 10. The molecule has 5 nitrogen and oxygen atoms in total. The van der Waals surface area contributed by atoms with E-state index in [-0.39, 0.29) is 0 Å². The van der Waals surface area contributed by atoms with Crippen LogP contribution in [0.3, 0.4) is 0 Å². The van der Waals surface area contributed by atoms with Crippen molar-refractivity contribution in [3.05, 3.63) is 53.8 Å². The Morgan fingerprint density at radius 3 is 2.53 bits per heavy atom. The molecule has 162 valence electrons. The van der Waals surface area contributed by atoms with Crippen LogP contribution in [0.5, 0.6) is 5.75 Å². The predicted octanol–water partition coefficient (Wildman–Crippen LogP) is 5.83. The van der Waals surface area contributed by atoms with Gasteiger partial charge in [-0.2, -0.15) is 0 Å². The molecular formula is C24H30FNO4. The maximum atomic E-state index is 14.7. The quantitative estimate of drug-likeness (QED) is 0.392. The Kier molecular flexibility index (Phi) is 9.32. The Morgan fingerprint density at radius 2 is 1.83 bits per heavy atom. The molecule has 2 aromatic carbocycles. The van der Waals surface area contributed by atoms with Crippen LogP contribution in [0.1, 0.15) is 57.4 Å². The minimum absolute atomic E-state index is 0.336. The number of hydrogen-bond donors (Lipinski definition) is 1. The lowest BCUT2D eigenvalue weighted by Gasteiger charge is -2.12. The van der Waals surface area contributed by atoms with Gasteiger partial charge in [0.25, 0.3) is 0 Å². The molecule has 1 atom stereocenters. The molecule has 0 radical (unpaired) electrons. The minimum atomic E-state index is -0.557. The van der Waals surface area contributed by atoms with Gasteiger partial charge in [-0.1, -0.05) is 56.9 Å². The molecule has 0 saturated carbocycles. The fraction of sp³-hybridized carbons (Fsp3) is 0.417. The summed E-state index contributed by atoms with van der Waals surface area (Å²) >= 11 is 0. The molecule has 0 aromatic heterocycles. The van der Waals surface area contributed by atoms with Gasteiger partial charge in [0.05, 0.1) is 13.0 Å². The molecule has 0 aliphatic heterocycles. The summed E-state index contributed by atoms with van der Waals surface area (Å²) < 4.78 is 24.7. The Balaban J connectivity index is 1.99. The highest BCUT2D eigenvalue weighted by atomic mass is 19.1. The average Bonchev–Trinajstić information content (AvgIpc) is 2.75. The van der Waals surface area contributed by atoms with E-state index in [1.165, 1.54) is 26.0 Å². The maximum absolute atomic E-state index is 14.7. The first-order valence-electron chi connectivity index (χ1n) is 10.4. The van der Waals surface area contributed by atoms with Crippen LogP contribution in [0.2, 0.25) is 0 Å². The molecule has 2 aromatic rings. The fourth-order valence-corrected chi connectivity index (χ4v) is 3.14. The van der Waals surface area contributed by atoms with Crippen LogP contribution in [0.4, 0.5) is 9.18 Å². The van der Waals surface area contributed by atoms with Crippen molar-refractivity contribution >= 4 is 12.1 Å². The van der Waals surface area contributed by atoms with Crippen molar-refractivity contribution in [3.63, 3.8) is 0 Å². The van der Waals surface area contributed by atoms with E-state index in [1.807, 2.05) is 0 Å². The van der Waals surface area contributed by atoms with Crippen LogP contribution in [0, 0.1) is 5.82 Å². The molecular weight excluding hydrogens is 385 g/mol. The van der Waals surface area contributed by atoms with Gasteiger partial charge in [0, 0.05) is 12.1 Å². The van der Waals surface area contributed by atoms with Gasteiger partial charge in [-0.25, -0.2) is 9.18 Å². The smallest absolute Gasteiger partial charge is 0.412 e. The number of unbranched alkanes of at least 4 members (excludes halogenated alkanes) is 4. The number of carbonyl (C=O) groups excluding carboxylic acids is 2. The van der Waals surface area contributed by atoms with E-state index in [9.17, 15) is 14.0 Å². The topological polar surface area (TPSA) is 64.6 Å². The molecule has 0 fully saturated rings.